The molecular weight excluding hydrogens is 304 g/mol. The van der Waals surface area contributed by atoms with Gasteiger partial charge in [0, 0.05) is 13.0 Å². The lowest BCUT2D eigenvalue weighted by Crippen LogP contribution is -2.43. The van der Waals surface area contributed by atoms with Crippen LogP contribution in [0.1, 0.15) is 42.7 Å². The summed E-state index contributed by atoms with van der Waals surface area (Å²) in [6, 6.07) is 11.0. The highest BCUT2D eigenvalue weighted by Crippen LogP contribution is 2.31. The predicted molar refractivity (Wildman–Crippen MR) is 91.5 cm³/mol. The van der Waals surface area contributed by atoms with Crippen molar-refractivity contribution in [3.8, 4) is 0 Å². The Bertz CT molecular complexity index is 669. The maximum absolute atomic E-state index is 12.7. The number of amides is 2. The Morgan fingerprint density at radius 1 is 1.33 bits per heavy atom. The highest BCUT2D eigenvalue weighted by molar-refractivity contribution is 5.75. The standard InChI is InChI=1S/C19H24N2O3/c1-2-3-10-21(13-15-8-6-11-24-15)19(23)20-18-16-9-5-4-7-14(16)12-17(18)22/h4-9,11,17-18,22H,2-3,10,12-13H2,1H3,(H,20,23)/t17-,18-/m1/s1. The Kier molecular flexibility index (Phi) is 5.20. The minimum Gasteiger partial charge on any atom is -0.467 e. The molecule has 5 heteroatoms. The monoisotopic (exact) mass is 328 g/mol. The van der Waals surface area contributed by atoms with E-state index in [9.17, 15) is 9.90 Å². The smallest absolute Gasteiger partial charge is 0.318 e. The highest BCUT2D eigenvalue weighted by Gasteiger charge is 2.32. The fraction of sp³-hybridized carbons (Fsp3) is 0.421. The number of rotatable bonds is 6. The van der Waals surface area contributed by atoms with Crippen molar-refractivity contribution >= 4 is 6.03 Å². The summed E-state index contributed by atoms with van der Waals surface area (Å²) >= 11 is 0. The Labute approximate surface area is 142 Å². The number of carbonyl (C=O) groups excluding carboxylic acids is 1. The van der Waals surface area contributed by atoms with Crippen LogP contribution in [-0.4, -0.2) is 28.7 Å². The van der Waals surface area contributed by atoms with Crippen LogP contribution in [0.25, 0.3) is 0 Å². The molecule has 1 aliphatic rings. The van der Waals surface area contributed by atoms with Crippen LogP contribution in [0.2, 0.25) is 0 Å². The molecule has 0 bridgehead atoms. The van der Waals surface area contributed by atoms with Gasteiger partial charge in [0.25, 0.3) is 0 Å². The van der Waals surface area contributed by atoms with Gasteiger partial charge in [-0.15, -0.1) is 0 Å². The van der Waals surface area contributed by atoms with Crippen molar-refractivity contribution < 1.29 is 14.3 Å². The normalized spacial score (nSPS) is 19.1. The maximum Gasteiger partial charge on any atom is 0.318 e. The van der Waals surface area contributed by atoms with Gasteiger partial charge in [-0.2, -0.15) is 0 Å². The summed E-state index contributed by atoms with van der Waals surface area (Å²) in [6.45, 7) is 3.19. The van der Waals surface area contributed by atoms with Crippen LogP contribution in [0, 0.1) is 0 Å². The van der Waals surface area contributed by atoms with Crippen LogP contribution < -0.4 is 5.32 Å². The summed E-state index contributed by atoms with van der Waals surface area (Å²) in [5.41, 5.74) is 2.10. The molecule has 0 spiro atoms. The second kappa shape index (κ2) is 7.53. The van der Waals surface area contributed by atoms with Crippen LogP contribution in [-0.2, 0) is 13.0 Å². The van der Waals surface area contributed by atoms with Crippen molar-refractivity contribution in [1.29, 1.82) is 0 Å². The molecule has 24 heavy (non-hydrogen) atoms. The molecule has 0 unspecified atom stereocenters. The average Bonchev–Trinajstić information content (AvgIpc) is 3.20. The molecule has 1 aliphatic carbocycles. The zero-order valence-electron chi connectivity index (χ0n) is 13.9. The Morgan fingerprint density at radius 3 is 2.92 bits per heavy atom. The molecule has 2 N–H and O–H groups in total. The molecule has 0 saturated carbocycles. The van der Waals surface area contributed by atoms with E-state index < -0.39 is 6.10 Å². The van der Waals surface area contributed by atoms with Gasteiger partial charge in [0.1, 0.15) is 5.76 Å². The van der Waals surface area contributed by atoms with E-state index in [4.69, 9.17) is 4.42 Å². The minimum absolute atomic E-state index is 0.166. The van der Waals surface area contributed by atoms with Crippen molar-refractivity contribution in [2.45, 2.75) is 44.9 Å². The fourth-order valence-corrected chi connectivity index (χ4v) is 3.16. The summed E-state index contributed by atoms with van der Waals surface area (Å²) in [5, 5.41) is 13.3. The number of carbonyl (C=O) groups is 1. The van der Waals surface area contributed by atoms with Crippen molar-refractivity contribution in [1.82, 2.24) is 10.2 Å². The SMILES string of the molecule is CCCCN(Cc1ccco1)C(=O)N[C@@H]1c2ccccc2C[C@H]1O. The van der Waals surface area contributed by atoms with Gasteiger partial charge in [0.05, 0.1) is 25.0 Å². The largest absolute Gasteiger partial charge is 0.467 e. The Hall–Kier alpha value is -2.27. The lowest BCUT2D eigenvalue weighted by molar-refractivity contribution is 0.132. The molecule has 1 aromatic heterocycles. The molecule has 2 aromatic rings. The second-order valence-electron chi connectivity index (χ2n) is 6.25. The van der Waals surface area contributed by atoms with Crippen LogP contribution in [0.15, 0.2) is 47.1 Å². The van der Waals surface area contributed by atoms with E-state index in [1.54, 1.807) is 11.2 Å². The first-order chi connectivity index (χ1) is 11.7. The summed E-state index contributed by atoms with van der Waals surface area (Å²) in [5.74, 6) is 0.758. The first kappa shape index (κ1) is 16.6. The van der Waals surface area contributed by atoms with Gasteiger partial charge in [0.15, 0.2) is 0 Å². The van der Waals surface area contributed by atoms with Crippen LogP contribution in [0.5, 0.6) is 0 Å². The minimum atomic E-state index is -0.581. The molecule has 0 aliphatic heterocycles. The third kappa shape index (κ3) is 3.62. The number of nitrogens with one attached hydrogen (secondary N) is 1. The van der Waals surface area contributed by atoms with Crippen LogP contribution >= 0.6 is 0 Å². The molecule has 0 radical (unpaired) electrons. The van der Waals surface area contributed by atoms with E-state index in [-0.39, 0.29) is 12.1 Å². The van der Waals surface area contributed by atoms with E-state index in [1.807, 2.05) is 36.4 Å². The molecule has 128 valence electrons. The second-order valence-corrected chi connectivity index (χ2v) is 6.25. The van der Waals surface area contributed by atoms with Gasteiger partial charge in [-0.25, -0.2) is 4.79 Å². The number of hydrogen-bond acceptors (Lipinski definition) is 3. The van der Waals surface area contributed by atoms with Gasteiger partial charge in [0.2, 0.25) is 0 Å². The molecule has 5 nitrogen and oxygen atoms in total. The van der Waals surface area contributed by atoms with Crippen molar-refractivity contribution in [2.75, 3.05) is 6.54 Å². The first-order valence-electron chi connectivity index (χ1n) is 8.52. The lowest BCUT2D eigenvalue weighted by atomic mass is 10.1. The maximum atomic E-state index is 12.7. The zero-order chi connectivity index (χ0) is 16.9. The third-order valence-corrected chi connectivity index (χ3v) is 4.48. The molecule has 0 fully saturated rings. The number of unbranched alkanes of at least 4 members (excludes halogenated alkanes) is 1. The number of urea groups is 1. The highest BCUT2D eigenvalue weighted by atomic mass is 16.3. The van der Waals surface area contributed by atoms with Gasteiger partial charge in [-0.3, -0.25) is 0 Å². The first-order valence-corrected chi connectivity index (χ1v) is 8.52. The summed E-state index contributed by atoms with van der Waals surface area (Å²) in [6.07, 6.45) is 3.55. The van der Waals surface area contributed by atoms with Crippen molar-refractivity contribution in [3.05, 3.63) is 59.5 Å². The number of nitrogens with zero attached hydrogens (tertiary/aromatic N) is 1. The van der Waals surface area contributed by atoms with Crippen LogP contribution in [0.4, 0.5) is 4.79 Å². The molecule has 2 atom stereocenters. The van der Waals surface area contributed by atoms with E-state index in [2.05, 4.69) is 12.2 Å². The quantitative estimate of drug-likeness (QED) is 0.855. The molecule has 1 aromatic carbocycles. The van der Waals surface area contributed by atoms with E-state index >= 15 is 0 Å². The average molecular weight is 328 g/mol. The Balaban J connectivity index is 1.70. The Morgan fingerprint density at radius 2 is 2.17 bits per heavy atom. The lowest BCUT2D eigenvalue weighted by Gasteiger charge is -2.26. The number of aliphatic hydroxyl groups is 1. The summed E-state index contributed by atoms with van der Waals surface area (Å²) in [7, 11) is 0. The van der Waals surface area contributed by atoms with E-state index in [0.29, 0.717) is 19.5 Å². The fourth-order valence-electron chi connectivity index (χ4n) is 3.16. The van der Waals surface area contributed by atoms with Gasteiger partial charge in [-0.1, -0.05) is 37.6 Å². The number of aliphatic hydroxyl groups excluding tert-OH is 1. The van der Waals surface area contributed by atoms with Crippen molar-refractivity contribution in [3.63, 3.8) is 0 Å². The third-order valence-electron chi connectivity index (χ3n) is 4.48. The predicted octanol–water partition coefficient (Wildman–Crippen LogP) is 3.25. The number of benzene rings is 1. The summed E-state index contributed by atoms with van der Waals surface area (Å²) in [4.78, 5) is 14.5. The summed E-state index contributed by atoms with van der Waals surface area (Å²) < 4.78 is 5.37. The van der Waals surface area contributed by atoms with E-state index in [0.717, 1.165) is 29.7 Å². The van der Waals surface area contributed by atoms with E-state index in [1.165, 1.54) is 0 Å². The number of fused-ring (bicyclic) bond motifs is 1. The van der Waals surface area contributed by atoms with Crippen LogP contribution in [0.3, 0.4) is 0 Å². The van der Waals surface area contributed by atoms with Crippen molar-refractivity contribution in [2.24, 2.45) is 0 Å². The van der Waals surface area contributed by atoms with Gasteiger partial charge >= 0.3 is 6.03 Å². The molecule has 1 heterocycles. The molecule has 2 amide bonds. The topological polar surface area (TPSA) is 65.7 Å². The zero-order valence-corrected chi connectivity index (χ0v) is 13.9. The molecule has 0 saturated heterocycles. The molecular formula is C19H24N2O3. The van der Waals surface area contributed by atoms with Gasteiger partial charge in [-0.05, 0) is 29.7 Å². The van der Waals surface area contributed by atoms with Gasteiger partial charge < -0.3 is 19.7 Å². The molecule has 3 rings (SSSR count). The number of hydrogen-bond donors (Lipinski definition) is 2. The number of furan rings is 1.